The molecule has 1 rings (SSSR count). The molecular weight excluding hydrogens is 262 g/mol. The average molecular weight is 291 g/mol. The lowest BCUT2D eigenvalue weighted by molar-refractivity contribution is 0.372. The predicted molar refractivity (Wildman–Crippen MR) is 89.9 cm³/mol. The van der Waals surface area contributed by atoms with E-state index in [9.17, 15) is 0 Å². The third kappa shape index (κ3) is 6.52. The quantitative estimate of drug-likeness (QED) is 0.669. The summed E-state index contributed by atoms with van der Waals surface area (Å²) in [7, 11) is 5.56. The smallest absolute Gasteiger partial charge is 0.193 e. The second-order valence-corrected chi connectivity index (χ2v) is 6.49. The third-order valence-electron chi connectivity index (χ3n) is 3.31. The first-order chi connectivity index (χ1) is 9.85. The van der Waals surface area contributed by atoms with E-state index in [0.29, 0.717) is 5.41 Å². The van der Waals surface area contributed by atoms with E-state index >= 15 is 0 Å². The van der Waals surface area contributed by atoms with Gasteiger partial charge < -0.3 is 15.0 Å². The Morgan fingerprint density at radius 1 is 1.24 bits per heavy atom. The van der Waals surface area contributed by atoms with Crippen LogP contribution in [0.3, 0.4) is 0 Å². The van der Waals surface area contributed by atoms with E-state index in [1.807, 2.05) is 19.2 Å². The Bertz CT molecular complexity index is 446. The number of benzene rings is 1. The molecule has 118 valence electrons. The number of rotatable bonds is 5. The van der Waals surface area contributed by atoms with Crippen molar-refractivity contribution in [2.24, 2.45) is 10.4 Å². The molecule has 4 heteroatoms. The molecule has 0 saturated heterocycles. The van der Waals surface area contributed by atoms with Crippen molar-refractivity contribution in [3.8, 4) is 5.75 Å². The Balaban J connectivity index is 2.52. The maximum atomic E-state index is 5.18. The largest absolute Gasteiger partial charge is 0.497 e. The van der Waals surface area contributed by atoms with Crippen molar-refractivity contribution < 1.29 is 4.74 Å². The van der Waals surface area contributed by atoms with Gasteiger partial charge in [0.2, 0.25) is 0 Å². The van der Waals surface area contributed by atoms with Crippen LogP contribution in [0.1, 0.15) is 32.8 Å². The topological polar surface area (TPSA) is 36.9 Å². The van der Waals surface area contributed by atoms with Gasteiger partial charge in [0.05, 0.1) is 7.11 Å². The number of aliphatic imine (C=N–C) groups is 1. The zero-order valence-corrected chi connectivity index (χ0v) is 14.2. The van der Waals surface area contributed by atoms with Gasteiger partial charge in [0.15, 0.2) is 5.96 Å². The first-order valence-electron chi connectivity index (χ1n) is 7.40. The van der Waals surface area contributed by atoms with E-state index in [1.165, 1.54) is 5.56 Å². The Morgan fingerprint density at radius 3 is 2.33 bits per heavy atom. The average Bonchev–Trinajstić information content (AvgIpc) is 2.43. The number of nitrogens with zero attached hydrogens (tertiary/aromatic N) is 2. The van der Waals surface area contributed by atoms with Crippen LogP contribution in [0.2, 0.25) is 0 Å². The minimum Gasteiger partial charge on any atom is -0.497 e. The SMILES string of the molecule is CN=C(NCCC(C)(C)C)N(C)Cc1ccc(OC)cc1. The highest BCUT2D eigenvalue weighted by molar-refractivity contribution is 5.79. The molecule has 0 aliphatic carbocycles. The van der Waals surface area contributed by atoms with E-state index in [2.05, 4.69) is 55.2 Å². The van der Waals surface area contributed by atoms with Gasteiger partial charge in [-0.05, 0) is 29.5 Å². The van der Waals surface area contributed by atoms with E-state index in [1.54, 1.807) is 7.11 Å². The van der Waals surface area contributed by atoms with Gasteiger partial charge >= 0.3 is 0 Å². The molecule has 0 radical (unpaired) electrons. The summed E-state index contributed by atoms with van der Waals surface area (Å²) in [5, 5.41) is 3.42. The van der Waals surface area contributed by atoms with Crippen LogP contribution in [0.4, 0.5) is 0 Å². The van der Waals surface area contributed by atoms with Crippen molar-refractivity contribution >= 4 is 5.96 Å². The minimum atomic E-state index is 0.334. The molecule has 4 nitrogen and oxygen atoms in total. The number of guanidine groups is 1. The van der Waals surface area contributed by atoms with Gasteiger partial charge in [0.1, 0.15) is 5.75 Å². The second-order valence-electron chi connectivity index (χ2n) is 6.49. The highest BCUT2D eigenvalue weighted by Crippen LogP contribution is 2.17. The fourth-order valence-corrected chi connectivity index (χ4v) is 2.01. The number of nitrogens with one attached hydrogen (secondary N) is 1. The normalized spacial score (nSPS) is 12.2. The van der Waals surface area contributed by atoms with Crippen LogP contribution in [-0.2, 0) is 6.54 Å². The predicted octanol–water partition coefficient (Wildman–Crippen LogP) is 3.14. The lowest BCUT2D eigenvalue weighted by Crippen LogP contribution is -2.39. The Hall–Kier alpha value is -1.71. The van der Waals surface area contributed by atoms with Gasteiger partial charge in [-0.2, -0.15) is 0 Å². The highest BCUT2D eigenvalue weighted by atomic mass is 16.5. The molecular formula is C17H29N3O. The summed E-state index contributed by atoms with van der Waals surface area (Å²) in [6.07, 6.45) is 1.11. The molecule has 0 spiro atoms. The highest BCUT2D eigenvalue weighted by Gasteiger charge is 2.11. The van der Waals surface area contributed by atoms with Crippen molar-refractivity contribution in [1.29, 1.82) is 0 Å². The van der Waals surface area contributed by atoms with Gasteiger partial charge in [-0.1, -0.05) is 32.9 Å². The molecule has 0 aromatic heterocycles. The fourth-order valence-electron chi connectivity index (χ4n) is 2.01. The van der Waals surface area contributed by atoms with Crippen LogP contribution in [0.5, 0.6) is 5.75 Å². The van der Waals surface area contributed by atoms with Crippen molar-refractivity contribution in [2.45, 2.75) is 33.7 Å². The standard InChI is InChI=1S/C17H29N3O/c1-17(2,3)11-12-19-16(18-4)20(5)13-14-7-9-15(21-6)10-8-14/h7-10H,11-13H2,1-6H3,(H,18,19). The summed E-state index contributed by atoms with van der Waals surface area (Å²) < 4.78 is 5.18. The Labute approximate surface area is 129 Å². The number of hydrogen-bond donors (Lipinski definition) is 1. The Kier molecular flexibility index (Phi) is 6.53. The molecule has 0 heterocycles. The first kappa shape index (κ1) is 17.3. The maximum absolute atomic E-state index is 5.18. The lowest BCUT2D eigenvalue weighted by Gasteiger charge is -2.24. The molecule has 0 bridgehead atoms. The summed E-state index contributed by atoms with van der Waals surface area (Å²) in [6.45, 7) is 8.50. The van der Waals surface area contributed by atoms with Gasteiger partial charge in [-0.15, -0.1) is 0 Å². The van der Waals surface area contributed by atoms with Gasteiger partial charge in [0.25, 0.3) is 0 Å². The van der Waals surface area contributed by atoms with Gasteiger partial charge in [-0.25, -0.2) is 0 Å². The van der Waals surface area contributed by atoms with E-state index in [-0.39, 0.29) is 0 Å². The summed E-state index contributed by atoms with van der Waals surface area (Å²) in [4.78, 5) is 6.47. The summed E-state index contributed by atoms with van der Waals surface area (Å²) in [5.74, 6) is 1.81. The summed E-state index contributed by atoms with van der Waals surface area (Å²) in [6, 6.07) is 8.13. The summed E-state index contributed by atoms with van der Waals surface area (Å²) >= 11 is 0. The van der Waals surface area contributed by atoms with Crippen molar-refractivity contribution in [3.63, 3.8) is 0 Å². The maximum Gasteiger partial charge on any atom is 0.193 e. The molecule has 0 unspecified atom stereocenters. The van der Waals surface area contributed by atoms with Crippen LogP contribution in [0.15, 0.2) is 29.3 Å². The van der Waals surface area contributed by atoms with Crippen molar-refractivity contribution in [1.82, 2.24) is 10.2 Å². The van der Waals surface area contributed by atoms with Crippen molar-refractivity contribution in [3.05, 3.63) is 29.8 Å². The van der Waals surface area contributed by atoms with Crippen LogP contribution < -0.4 is 10.1 Å². The fraction of sp³-hybridized carbons (Fsp3) is 0.588. The third-order valence-corrected chi connectivity index (χ3v) is 3.31. The van der Waals surface area contributed by atoms with Crippen LogP contribution >= 0.6 is 0 Å². The molecule has 1 aromatic rings. The van der Waals surface area contributed by atoms with Crippen LogP contribution in [0.25, 0.3) is 0 Å². The molecule has 1 N–H and O–H groups in total. The molecule has 0 aliphatic rings. The number of hydrogen-bond acceptors (Lipinski definition) is 2. The van der Waals surface area contributed by atoms with E-state index < -0.39 is 0 Å². The van der Waals surface area contributed by atoms with E-state index in [0.717, 1.165) is 31.2 Å². The monoisotopic (exact) mass is 291 g/mol. The zero-order chi connectivity index (χ0) is 15.9. The van der Waals surface area contributed by atoms with Crippen LogP contribution in [-0.4, -0.2) is 38.6 Å². The first-order valence-corrected chi connectivity index (χ1v) is 7.40. The van der Waals surface area contributed by atoms with Crippen molar-refractivity contribution in [2.75, 3.05) is 27.7 Å². The van der Waals surface area contributed by atoms with Crippen LogP contribution in [0, 0.1) is 5.41 Å². The Morgan fingerprint density at radius 2 is 1.86 bits per heavy atom. The molecule has 0 aliphatic heterocycles. The zero-order valence-electron chi connectivity index (χ0n) is 14.2. The molecule has 1 aromatic carbocycles. The molecule has 0 saturated carbocycles. The number of ether oxygens (including phenoxy) is 1. The molecule has 0 fully saturated rings. The van der Waals surface area contributed by atoms with Gasteiger partial charge in [0, 0.05) is 27.2 Å². The molecule has 0 amide bonds. The molecule has 21 heavy (non-hydrogen) atoms. The summed E-state index contributed by atoms with van der Waals surface area (Å²) in [5.41, 5.74) is 1.57. The van der Waals surface area contributed by atoms with E-state index in [4.69, 9.17) is 4.74 Å². The lowest BCUT2D eigenvalue weighted by atomic mass is 9.92. The minimum absolute atomic E-state index is 0.334. The van der Waals surface area contributed by atoms with Gasteiger partial charge in [-0.3, -0.25) is 4.99 Å². The second kappa shape index (κ2) is 7.91. The number of methoxy groups -OCH3 is 1. The molecule has 0 atom stereocenters.